The molecule has 3 rings (SSSR count). The summed E-state index contributed by atoms with van der Waals surface area (Å²) in [4.78, 5) is 0.280. The summed E-state index contributed by atoms with van der Waals surface area (Å²) in [5, 5.41) is 3.15. The van der Waals surface area contributed by atoms with Crippen LogP contribution in [0, 0.1) is 6.92 Å². The second-order valence-corrected chi connectivity index (χ2v) is 6.85. The van der Waals surface area contributed by atoms with E-state index in [9.17, 15) is 0 Å². The largest absolute Gasteiger partial charge is 0.0837 e. The van der Waals surface area contributed by atoms with Crippen molar-refractivity contribution in [1.82, 2.24) is 0 Å². The van der Waals surface area contributed by atoms with Gasteiger partial charge in [0.15, 0.2) is 0 Å². The highest BCUT2D eigenvalue weighted by atomic mass is 79.9. The summed E-state index contributed by atoms with van der Waals surface area (Å²) < 4.78 is 0. The van der Waals surface area contributed by atoms with Crippen LogP contribution in [0.1, 0.15) is 21.5 Å². The molecule has 106 valence electrons. The molecule has 0 saturated carbocycles. The van der Waals surface area contributed by atoms with Crippen LogP contribution < -0.4 is 0 Å². The van der Waals surface area contributed by atoms with Crippen LogP contribution in [-0.2, 0) is 6.42 Å². The van der Waals surface area contributed by atoms with E-state index in [1.54, 1.807) is 0 Å². The van der Waals surface area contributed by atoms with Gasteiger partial charge in [-0.3, -0.25) is 0 Å². The van der Waals surface area contributed by atoms with Gasteiger partial charge in [-0.05, 0) is 35.9 Å². The molecule has 3 aromatic carbocycles. The highest BCUT2D eigenvalue weighted by molar-refractivity contribution is 9.09. The number of hydrogen-bond donors (Lipinski definition) is 0. The smallest absolute Gasteiger partial charge is 0.0484 e. The van der Waals surface area contributed by atoms with Crippen LogP contribution in [0.25, 0.3) is 10.8 Å². The first-order chi connectivity index (χ1) is 10.1. The topological polar surface area (TPSA) is 0 Å². The molecule has 0 aliphatic rings. The summed E-state index contributed by atoms with van der Waals surface area (Å²) in [6, 6.07) is 21.1. The second-order valence-electron chi connectivity index (χ2n) is 5.34. The molecule has 0 fully saturated rings. The van der Waals surface area contributed by atoms with Crippen LogP contribution in [0.2, 0.25) is 5.02 Å². The molecule has 3 aromatic rings. The van der Waals surface area contributed by atoms with Gasteiger partial charge >= 0.3 is 0 Å². The van der Waals surface area contributed by atoms with E-state index < -0.39 is 0 Å². The van der Waals surface area contributed by atoms with Gasteiger partial charge in [-0.15, -0.1) is 0 Å². The van der Waals surface area contributed by atoms with Gasteiger partial charge in [-0.1, -0.05) is 87.7 Å². The molecule has 0 N–H and O–H groups in total. The standard InChI is InChI=1S/C19H16BrCl/c1-13-6-8-14(9-7-13)12-18(20)16-10-11-19(21)17-5-3-2-4-15(16)17/h2-11,18H,12H2,1H3. The highest BCUT2D eigenvalue weighted by Crippen LogP contribution is 2.35. The van der Waals surface area contributed by atoms with Crippen LogP contribution in [-0.4, -0.2) is 0 Å². The van der Waals surface area contributed by atoms with Crippen LogP contribution in [0.5, 0.6) is 0 Å². The first-order valence-electron chi connectivity index (χ1n) is 7.02. The van der Waals surface area contributed by atoms with E-state index in [0.717, 1.165) is 16.8 Å². The van der Waals surface area contributed by atoms with Gasteiger partial charge in [0.1, 0.15) is 0 Å². The fraction of sp³-hybridized carbons (Fsp3) is 0.158. The van der Waals surface area contributed by atoms with Crippen LogP contribution in [0.3, 0.4) is 0 Å². The molecule has 0 amide bonds. The SMILES string of the molecule is Cc1ccc(CC(Br)c2ccc(Cl)c3ccccc23)cc1. The Morgan fingerprint density at radius 2 is 1.57 bits per heavy atom. The Bertz CT molecular complexity index is 762. The van der Waals surface area contributed by atoms with Crippen LogP contribution in [0.4, 0.5) is 0 Å². The normalized spacial score (nSPS) is 12.5. The quantitative estimate of drug-likeness (QED) is 0.469. The molecule has 1 atom stereocenters. The third kappa shape index (κ3) is 3.14. The van der Waals surface area contributed by atoms with E-state index in [-0.39, 0.29) is 4.83 Å². The second kappa shape index (κ2) is 6.21. The monoisotopic (exact) mass is 358 g/mol. The van der Waals surface area contributed by atoms with E-state index in [4.69, 9.17) is 11.6 Å². The van der Waals surface area contributed by atoms with Crippen molar-refractivity contribution in [1.29, 1.82) is 0 Å². The number of benzene rings is 3. The molecule has 0 spiro atoms. The zero-order chi connectivity index (χ0) is 14.8. The lowest BCUT2D eigenvalue weighted by Gasteiger charge is -2.14. The number of aryl methyl sites for hydroxylation is 1. The predicted octanol–water partition coefficient (Wildman–Crippen LogP) is 6.48. The average molecular weight is 360 g/mol. The Labute approximate surface area is 138 Å². The minimum absolute atomic E-state index is 0.280. The minimum Gasteiger partial charge on any atom is -0.0837 e. The molecule has 0 aliphatic heterocycles. The van der Waals surface area contributed by atoms with Gasteiger partial charge in [-0.2, -0.15) is 0 Å². The first kappa shape index (κ1) is 14.6. The maximum Gasteiger partial charge on any atom is 0.0484 e. The van der Waals surface area contributed by atoms with Crippen molar-refractivity contribution < 1.29 is 0 Å². The van der Waals surface area contributed by atoms with E-state index in [1.165, 1.54) is 22.1 Å². The third-order valence-corrected chi connectivity index (χ3v) is 4.92. The number of rotatable bonds is 3. The summed E-state index contributed by atoms with van der Waals surface area (Å²) in [6.45, 7) is 2.11. The Morgan fingerprint density at radius 3 is 2.29 bits per heavy atom. The number of hydrogen-bond acceptors (Lipinski definition) is 0. The van der Waals surface area contributed by atoms with Gasteiger partial charge in [-0.25, -0.2) is 0 Å². The lowest BCUT2D eigenvalue weighted by molar-refractivity contribution is 0.957. The maximum atomic E-state index is 6.30. The van der Waals surface area contributed by atoms with Crippen molar-refractivity contribution in [2.24, 2.45) is 0 Å². The summed E-state index contributed by atoms with van der Waals surface area (Å²) >= 11 is 10.1. The summed E-state index contributed by atoms with van der Waals surface area (Å²) in [5.74, 6) is 0. The number of halogens is 2. The van der Waals surface area contributed by atoms with Gasteiger partial charge in [0.25, 0.3) is 0 Å². The zero-order valence-electron chi connectivity index (χ0n) is 11.8. The Hall–Kier alpha value is -1.31. The van der Waals surface area contributed by atoms with Crippen molar-refractivity contribution in [3.8, 4) is 0 Å². The molecule has 0 radical (unpaired) electrons. The van der Waals surface area contributed by atoms with E-state index in [0.29, 0.717) is 0 Å². The molecule has 21 heavy (non-hydrogen) atoms. The molecular weight excluding hydrogens is 344 g/mol. The molecule has 2 heteroatoms. The fourth-order valence-electron chi connectivity index (χ4n) is 2.60. The third-order valence-electron chi connectivity index (χ3n) is 3.78. The molecule has 0 aromatic heterocycles. The van der Waals surface area contributed by atoms with Crippen LogP contribution >= 0.6 is 27.5 Å². The molecule has 0 heterocycles. The average Bonchev–Trinajstić information content (AvgIpc) is 2.50. The van der Waals surface area contributed by atoms with Crippen molar-refractivity contribution in [3.05, 3.63) is 82.4 Å². The molecule has 0 nitrogen and oxygen atoms in total. The molecule has 0 saturated heterocycles. The summed E-state index contributed by atoms with van der Waals surface area (Å²) in [6.07, 6.45) is 0.964. The maximum absolute atomic E-state index is 6.30. The van der Waals surface area contributed by atoms with Crippen molar-refractivity contribution in [2.75, 3.05) is 0 Å². The minimum atomic E-state index is 0.280. The Morgan fingerprint density at radius 1 is 0.905 bits per heavy atom. The lowest BCUT2D eigenvalue weighted by atomic mass is 9.98. The van der Waals surface area contributed by atoms with E-state index >= 15 is 0 Å². The molecule has 0 aliphatic carbocycles. The summed E-state index contributed by atoms with van der Waals surface area (Å²) in [7, 11) is 0. The summed E-state index contributed by atoms with van der Waals surface area (Å²) in [5.41, 5.74) is 3.92. The van der Waals surface area contributed by atoms with Crippen molar-refractivity contribution in [3.63, 3.8) is 0 Å². The molecule has 0 bridgehead atoms. The molecule has 1 unspecified atom stereocenters. The van der Waals surface area contributed by atoms with Gasteiger partial charge < -0.3 is 0 Å². The van der Waals surface area contributed by atoms with Crippen molar-refractivity contribution in [2.45, 2.75) is 18.2 Å². The van der Waals surface area contributed by atoms with Gasteiger partial charge in [0.2, 0.25) is 0 Å². The van der Waals surface area contributed by atoms with Gasteiger partial charge in [0.05, 0.1) is 0 Å². The number of fused-ring (bicyclic) bond motifs is 1. The van der Waals surface area contributed by atoms with E-state index in [2.05, 4.69) is 71.4 Å². The Kier molecular flexibility index (Phi) is 4.32. The zero-order valence-corrected chi connectivity index (χ0v) is 14.2. The highest BCUT2D eigenvalue weighted by Gasteiger charge is 2.13. The molecular formula is C19H16BrCl. The number of alkyl halides is 1. The van der Waals surface area contributed by atoms with Crippen LogP contribution in [0.15, 0.2) is 60.7 Å². The van der Waals surface area contributed by atoms with E-state index in [1.807, 2.05) is 12.1 Å². The van der Waals surface area contributed by atoms with Gasteiger partial charge in [0, 0.05) is 15.2 Å². The van der Waals surface area contributed by atoms with Crippen molar-refractivity contribution >= 4 is 38.3 Å². The lowest BCUT2D eigenvalue weighted by Crippen LogP contribution is -1.97. The predicted molar refractivity (Wildman–Crippen MR) is 95.5 cm³/mol. The first-order valence-corrected chi connectivity index (χ1v) is 8.31. The fourth-order valence-corrected chi connectivity index (χ4v) is 3.60. The Balaban J connectivity index is 1.96.